The zero-order chi connectivity index (χ0) is 15.6. The van der Waals surface area contributed by atoms with Crippen molar-refractivity contribution < 1.29 is 4.74 Å². The van der Waals surface area contributed by atoms with E-state index in [1.165, 1.54) is 19.3 Å². The lowest BCUT2D eigenvalue weighted by Gasteiger charge is -2.10. The van der Waals surface area contributed by atoms with E-state index in [9.17, 15) is 0 Å². The second-order valence-electron chi connectivity index (χ2n) is 5.71. The number of ether oxygens (including phenoxy) is 1. The summed E-state index contributed by atoms with van der Waals surface area (Å²) in [6, 6.07) is 7.79. The third-order valence-corrected chi connectivity index (χ3v) is 4.25. The summed E-state index contributed by atoms with van der Waals surface area (Å²) >= 11 is 0. The molecule has 0 unspecified atom stereocenters. The Balaban J connectivity index is 1.79. The van der Waals surface area contributed by atoms with Crippen LogP contribution in [-0.2, 0) is 13.0 Å². The second kappa shape index (κ2) is 5.87. The molecule has 0 fully saturated rings. The van der Waals surface area contributed by atoms with Crippen LogP contribution in [-0.4, -0.2) is 26.6 Å². The van der Waals surface area contributed by atoms with Gasteiger partial charge in [-0.15, -0.1) is 0 Å². The molecule has 6 nitrogen and oxygen atoms in total. The lowest BCUT2D eigenvalue weighted by atomic mass is 10.2. The summed E-state index contributed by atoms with van der Waals surface area (Å²) < 4.78 is 7.63. The van der Waals surface area contributed by atoms with E-state index in [1.54, 1.807) is 13.4 Å². The third-order valence-electron chi connectivity index (χ3n) is 4.25. The minimum Gasteiger partial charge on any atom is -0.495 e. The summed E-state index contributed by atoms with van der Waals surface area (Å²) in [5.41, 5.74) is 2.61. The Morgan fingerprint density at radius 1 is 1.13 bits per heavy atom. The lowest BCUT2D eigenvalue weighted by Crippen LogP contribution is -2.02. The fourth-order valence-corrected chi connectivity index (χ4v) is 3.10. The largest absolute Gasteiger partial charge is 0.495 e. The van der Waals surface area contributed by atoms with Gasteiger partial charge in [-0.2, -0.15) is 0 Å². The summed E-state index contributed by atoms with van der Waals surface area (Å²) in [4.78, 5) is 13.6. The van der Waals surface area contributed by atoms with Crippen molar-refractivity contribution in [3.05, 3.63) is 36.4 Å². The number of hydrogen-bond donors (Lipinski definition) is 1. The molecule has 0 amide bonds. The van der Waals surface area contributed by atoms with Crippen molar-refractivity contribution in [1.82, 2.24) is 19.5 Å². The minimum absolute atomic E-state index is 0.722. The molecular weight excluding hydrogens is 290 g/mol. The first-order chi connectivity index (χ1) is 11.4. The molecule has 3 heterocycles. The summed E-state index contributed by atoms with van der Waals surface area (Å²) in [7, 11) is 1.66. The van der Waals surface area contributed by atoms with Crippen LogP contribution in [0.4, 0.5) is 11.5 Å². The van der Waals surface area contributed by atoms with Crippen LogP contribution in [0.3, 0.4) is 0 Å². The normalized spacial score (nSPS) is 14.3. The highest BCUT2D eigenvalue weighted by atomic mass is 16.5. The van der Waals surface area contributed by atoms with Gasteiger partial charge in [-0.1, -0.05) is 18.6 Å². The Morgan fingerprint density at radius 2 is 2.04 bits per heavy atom. The first-order valence-electron chi connectivity index (χ1n) is 7.97. The van der Waals surface area contributed by atoms with Gasteiger partial charge >= 0.3 is 0 Å². The van der Waals surface area contributed by atoms with E-state index in [2.05, 4.69) is 19.9 Å². The first kappa shape index (κ1) is 14.0. The summed E-state index contributed by atoms with van der Waals surface area (Å²) in [5.74, 6) is 2.61. The molecule has 0 saturated carbocycles. The maximum Gasteiger partial charge on any atom is 0.165 e. The minimum atomic E-state index is 0.722. The first-order valence-corrected chi connectivity index (χ1v) is 7.97. The number of aryl methyl sites for hydroxylation is 2. The molecule has 0 aliphatic carbocycles. The molecule has 1 aliphatic heterocycles. The van der Waals surface area contributed by atoms with Crippen molar-refractivity contribution in [2.75, 3.05) is 12.4 Å². The number of anilines is 2. The zero-order valence-electron chi connectivity index (χ0n) is 13.1. The molecule has 0 radical (unpaired) electrons. The average Bonchev–Trinajstić information content (AvgIpc) is 2.78. The van der Waals surface area contributed by atoms with Gasteiger partial charge in [0.2, 0.25) is 0 Å². The van der Waals surface area contributed by atoms with Crippen LogP contribution in [0.15, 0.2) is 30.6 Å². The number of fused-ring (bicyclic) bond motifs is 3. The molecule has 0 spiro atoms. The smallest absolute Gasteiger partial charge is 0.165 e. The standard InChI is InChI=1S/C17H19N5O/c1-23-13-8-5-4-7-12(13)20-16-15-17(19-11-18-16)22-10-6-2-3-9-14(22)21-15/h4-5,7-8,11H,2-3,6,9-10H2,1H3,(H,18,19,20). The van der Waals surface area contributed by atoms with E-state index >= 15 is 0 Å². The molecule has 0 bridgehead atoms. The van der Waals surface area contributed by atoms with Gasteiger partial charge in [0, 0.05) is 13.0 Å². The van der Waals surface area contributed by atoms with Crippen molar-refractivity contribution in [2.45, 2.75) is 32.2 Å². The number of rotatable bonds is 3. The SMILES string of the molecule is COc1ccccc1Nc1ncnc2c1nc1n2CCCCC1. The number of benzene rings is 1. The highest BCUT2D eigenvalue weighted by Gasteiger charge is 2.18. The van der Waals surface area contributed by atoms with Gasteiger partial charge in [-0.05, 0) is 25.0 Å². The molecule has 0 atom stereocenters. The van der Waals surface area contributed by atoms with Crippen LogP contribution in [0.1, 0.15) is 25.1 Å². The quantitative estimate of drug-likeness (QED) is 0.804. The van der Waals surface area contributed by atoms with Gasteiger partial charge in [0.1, 0.15) is 17.9 Å². The van der Waals surface area contributed by atoms with Gasteiger partial charge < -0.3 is 14.6 Å². The van der Waals surface area contributed by atoms with Crippen LogP contribution in [0.2, 0.25) is 0 Å². The van der Waals surface area contributed by atoms with E-state index in [0.717, 1.165) is 47.2 Å². The fourth-order valence-electron chi connectivity index (χ4n) is 3.10. The average molecular weight is 309 g/mol. The fraction of sp³-hybridized carbons (Fsp3) is 0.353. The van der Waals surface area contributed by atoms with Crippen molar-refractivity contribution in [1.29, 1.82) is 0 Å². The van der Waals surface area contributed by atoms with Crippen LogP contribution >= 0.6 is 0 Å². The molecule has 1 aliphatic rings. The van der Waals surface area contributed by atoms with Gasteiger partial charge in [-0.3, -0.25) is 0 Å². The van der Waals surface area contributed by atoms with E-state index in [0.29, 0.717) is 0 Å². The number of imidazole rings is 1. The van der Waals surface area contributed by atoms with Crippen molar-refractivity contribution in [3.8, 4) is 5.75 Å². The molecule has 6 heteroatoms. The third kappa shape index (κ3) is 2.50. The lowest BCUT2D eigenvalue weighted by molar-refractivity contribution is 0.417. The molecule has 23 heavy (non-hydrogen) atoms. The predicted octanol–water partition coefficient (Wildman–Crippen LogP) is 3.30. The molecule has 4 rings (SSSR count). The van der Waals surface area contributed by atoms with Gasteiger partial charge in [-0.25, -0.2) is 15.0 Å². The summed E-state index contributed by atoms with van der Waals surface area (Å²) in [5, 5.41) is 3.34. The van der Waals surface area contributed by atoms with Gasteiger partial charge in [0.25, 0.3) is 0 Å². The predicted molar refractivity (Wildman–Crippen MR) is 89.2 cm³/mol. The Labute approximate surface area is 134 Å². The summed E-state index contributed by atoms with van der Waals surface area (Å²) in [6.07, 6.45) is 6.22. The Hall–Kier alpha value is -2.63. The Morgan fingerprint density at radius 3 is 2.96 bits per heavy atom. The maximum atomic E-state index is 5.40. The van der Waals surface area contributed by atoms with E-state index in [1.807, 2.05) is 24.3 Å². The van der Waals surface area contributed by atoms with Crippen molar-refractivity contribution in [2.24, 2.45) is 0 Å². The molecular formula is C17H19N5O. The molecule has 0 saturated heterocycles. The van der Waals surface area contributed by atoms with Gasteiger partial charge in [0.15, 0.2) is 17.0 Å². The molecule has 1 N–H and O–H groups in total. The van der Waals surface area contributed by atoms with Crippen LogP contribution in [0, 0.1) is 0 Å². The number of para-hydroxylation sites is 2. The number of nitrogens with zero attached hydrogens (tertiary/aromatic N) is 4. The second-order valence-corrected chi connectivity index (χ2v) is 5.71. The molecule has 118 valence electrons. The monoisotopic (exact) mass is 309 g/mol. The molecule has 1 aromatic carbocycles. The number of hydrogen-bond acceptors (Lipinski definition) is 5. The Bertz CT molecular complexity index is 842. The maximum absolute atomic E-state index is 5.40. The zero-order valence-corrected chi connectivity index (χ0v) is 13.1. The van der Waals surface area contributed by atoms with Crippen molar-refractivity contribution in [3.63, 3.8) is 0 Å². The van der Waals surface area contributed by atoms with E-state index in [4.69, 9.17) is 9.72 Å². The van der Waals surface area contributed by atoms with Crippen LogP contribution in [0.5, 0.6) is 5.75 Å². The van der Waals surface area contributed by atoms with E-state index < -0.39 is 0 Å². The highest BCUT2D eigenvalue weighted by molar-refractivity contribution is 5.86. The van der Waals surface area contributed by atoms with Crippen LogP contribution in [0.25, 0.3) is 11.2 Å². The van der Waals surface area contributed by atoms with E-state index in [-0.39, 0.29) is 0 Å². The topological polar surface area (TPSA) is 64.9 Å². The number of aromatic nitrogens is 4. The number of nitrogens with one attached hydrogen (secondary N) is 1. The molecule has 2 aromatic heterocycles. The van der Waals surface area contributed by atoms with Crippen LogP contribution < -0.4 is 10.1 Å². The van der Waals surface area contributed by atoms with Gasteiger partial charge in [0.05, 0.1) is 12.8 Å². The number of methoxy groups -OCH3 is 1. The summed E-state index contributed by atoms with van der Waals surface area (Å²) in [6.45, 7) is 0.983. The molecule has 3 aromatic rings. The highest BCUT2D eigenvalue weighted by Crippen LogP contribution is 2.30. The Kier molecular flexibility index (Phi) is 3.57. The van der Waals surface area contributed by atoms with Crippen molar-refractivity contribution >= 4 is 22.7 Å².